The Morgan fingerprint density at radius 2 is 1.92 bits per heavy atom. The molecule has 0 aliphatic carbocycles. The fourth-order valence-electron chi connectivity index (χ4n) is 2.06. The van der Waals surface area contributed by atoms with Crippen LogP contribution in [-0.2, 0) is 19.1 Å². The van der Waals surface area contributed by atoms with Crippen LogP contribution in [-0.4, -0.2) is 47.4 Å². The number of esters is 1. The number of hydrogen-bond donors (Lipinski definition) is 3. The van der Waals surface area contributed by atoms with Gasteiger partial charge in [-0.05, 0) is 19.4 Å². The molecular formula is C17H27N2O7+. The van der Waals surface area contributed by atoms with Gasteiger partial charge in [-0.2, -0.15) is 4.57 Å². The van der Waals surface area contributed by atoms with Gasteiger partial charge in [0, 0.05) is 32.9 Å². The second-order valence-electron chi connectivity index (χ2n) is 5.33. The van der Waals surface area contributed by atoms with Crippen LogP contribution in [0.5, 0.6) is 0 Å². The minimum Gasteiger partial charge on any atom is -0.481 e. The van der Waals surface area contributed by atoms with Crippen molar-refractivity contribution in [2.75, 3.05) is 13.2 Å². The highest BCUT2D eigenvalue weighted by molar-refractivity contribution is 5.92. The molecule has 0 aromatic carbocycles. The topological polar surface area (TPSA) is 140 Å². The molecule has 1 aromatic heterocycles. The number of aliphatic hydroxyl groups excluding tert-OH is 1. The van der Waals surface area contributed by atoms with Crippen molar-refractivity contribution in [3.05, 3.63) is 30.1 Å². The molecule has 2 rings (SSSR count). The Labute approximate surface area is 152 Å². The van der Waals surface area contributed by atoms with E-state index in [0.717, 1.165) is 19.8 Å². The van der Waals surface area contributed by atoms with Crippen LogP contribution in [0, 0.1) is 0 Å². The molecule has 1 aromatic rings. The van der Waals surface area contributed by atoms with E-state index in [1.807, 2.05) is 10.8 Å². The second kappa shape index (κ2) is 12.8. The fraction of sp³-hybridized carbons (Fsp3) is 0.529. The molecule has 1 aliphatic rings. The molecule has 4 N–H and O–H groups in total. The Morgan fingerprint density at radius 3 is 2.42 bits per heavy atom. The third-order valence-electron chi connectivity index (χ3n) is 3.00. The number of hydrogen-bond acceptors (Lipinski definition) is 6. The van der Waals surface area contributed by atoms with E-state index in [1.165, 1.54) is 6.92 Å². The number of carbonyl (C=O) groups excluding carboxylic acids is 2. The number of nitrogens with two attached hydrogens (primary N) is 1. The zero-order valence-corrected chi connectivity index (χ0v) is 15.3. The highest BCUT2D eigenvalue weighted by Crippen LogP contribution is 2.24. The van der Waals surface area contributed by atoms with Gasteiger partial charge in [0.15, 0.2) is 12.4 Å². The van der Waals surface area contributed by atoms with Gasteiger partial charge < -0.3 is 25.4 Å². The molecule has 1 amide bonds. The van der Waals surface area contributed by atoms with E-state index in [9.17, 15) is 9.59 Å². The van der Waals surface area contributed by atoms with E-state index in [1.54, 1.807) is 25.3 Å². The van der Waals surface area contributed by atoms with Crippen molar-refractivity contribution in [1.29, 1.82) is 0 Å². The fourth-order valence-corrected chi connectivity index (χ4v) is 2.06. The number of carbonyl (C=O) groups is 3. The maximum absolute atomic E-state index is 11.1. The van der Waals surface area contributed by atoms with Gasteiger partial charge in [-0.25, -0.2) is 0 Å². The van der Waals surface area contributed by atoms with Crippen LogP contribution >= 0.6 is 0 Å². The van der Waals surface area contributed by atoms with Crippen LogP contribution in [0.3, 0.4) is 0 Å². The normalized spacial score (nSPS) is 17.8. The summed E-state index contributed by atoms with van der Waals surface area (Å²) in [4.78, 5) is 30.9. The number of aliphatic hydroxyl groups is 1. The van der Waals surface area contributed by atoms with Crippen molar-refractivity contribution in [3.63, 3.8) is 0 Å². The smallest absolute Gasteiger partial charge is 0.302 e. The standard InChI is InChI=1S/C13H16N2O4.C2H4O2.C2H6O/c1-9(16)18-8-11-4-5-12(19-11)15-6-2-3-10(7-15)13(14)17;1-2(3)4;1-2-3/h2-3,6-7,11-12H,4-5,8H2,1H3,(H-,14,17);1H3,(H,3,4);3H,2H2,1H3/p+1. The minimum absolute atomic E-state index is 0.0985. The van der Waals surface area contributed by atoms with Crippen LogP contribution < -0.4 is 10.3 Å². The molecule has 26 heavy (non-hydrogen) atoms. The number of primary amides is 1. The highest BCUT2D eigenvalue weighted by Gasteiger charge is 2.32. The molecule has 2 atom stereocenters. The average Bonchev–Trinajstić information content (AvgIpc) is 3.02. The molecule has 0 saturated carbocycles. The largest absolute Gasteiger partial charge is 0.481 e. The number of carboxylic acids is 1. The maximum Gasteiger partial charge on any atom is 0.302 e. The summed E-state index contributed by atoms with van der Waals surface area (Å²) in [5.74, 6) is -1.61. The number of aromatic nitrogens is 1. The molecule has 0 spiro atoms. The highest BCUT2D eigenvalue weighted by atomic mass is 16.6. The van der Waals surface area contributed by atoms with Crippen LogP contribution in [0.15, 0.2) is 24.5 Å². The summed E-state index contributed by atoms with van der Waals surface area (Å²) < 4.78 is 12.5. The molecule has 0 bridgehead atoms. The Hall–Kier alpha value is -2.52. The molecule has 1 fully saturated rings. The maximum atomic E-state index is 11.1. The molecule has 2 heterocycles. The van der Waals surface area contributed by atoms with E-state index < -0.39 is 11.9 Å². The zero-order chi connectivity index (χ0) is 20.1. The summed E-state index contributed by atoms with van der Waals surface area (Å²) in [6.45, 7) is 4.65. The molecule has 1 aliphatic heterocycles. The van der Waals surface area contributed by atoms with Crippen molar-refractivity contribution in [2.24, 2.45) is 5.73 Å². The number of rotatable bonds is 4. The summed E-state index contributed by atoms with van der Waals surface area (Å²) in [5.41, 5.74) is 5.68. The lowest BCUT2D eigenvalue weighted by Crippen LogP contribution is -2.40. The van der Waals surface area contributed by atoms with Crippen molar-refractivity contribution in [2.45, 2.75) is 45.9 Å². The summed E-state index contributed by atoms with van der Waals surface area (Å²) in [6, 6.07) is 3.41. The first-order valence-electron chi connectivity index (χ1n) is 8.11. The van der Waals surface area contributed by atoms with Gasteiger partial charge in [0.05, 0.1) is 6.10 Å². The van der Waals surface area contributed by atoms with E-state index in [0.29, 0.717) is 5.56 Å². The number of aliphatic carboxylic acids is 1. The van der Waals surface area contributed by atoms with Gasteiger partial charge in [-0.15, -0.1) is 0 Å². The van der Waals surface area contributed by atoms with Crippen molar-refractivity contribution < 1.29 is 38.6 Å². The SMILES string of the molecule is CC(=O)O.CC(=O)OCC1CCC([n+]2cccc(C(N)=O)c2)O1.CCO. The van der Waals surface area contributed by atoms with Crippen LogP contribution in [0.1, 0.15) is 50.2 Å². The third kappa shape index (κ3) is 10.4. The molecule has 9 heteroatoms. The lowest BCUT2D eigenvalue weighted by atomic mass is 10.2. The Balaban J connectivity index is 0.000000770. The number of carboxylic acid groups (broad SMARTS) is 1. The lowest BCUT2D eigenvalue weighted by Gasteiger charge is -2.10. The monoisotopic (exact) mass is 371 g/mol. The minimum atomic E-state index is -0.833. The molecule has 1 saturated heterocycles. The summed E-state index contributed by atoms with van der Waals surface area (Å²) in [5, 5.41) is 15.0. The van der Waals surface area contributed by atoms with Gasteiger partial charge in [-0.3, -0.25) is 14.4 Å². The molecule has 0 radical (unpaired) electrons. The Morgan fingerprint density at radius 1 is 1.35 bits per heavy atom. The lowest BCUT2D eigenvalue weighted by molar-refractivity contribution is -0.759. The van der Waals surface area contributed by atoms with Crippen LogP contribution in [0.25, 0.3) is 0 Å². The van der Waals surface area contributed by atoms with Gasteiger partial charge >= 0.3 is 5.97 Å². The summed E-state index contributed by atoms with van der Waals surface area (Å²) >= 11 is 0. The summed E-state index contributed by atoms with van der Waals surface area (Å²) in [7, 11) is 0. The van der Waals surface area contributed by atoms with E-state index in [2.05, 4.69) is 0 Å². The van der Waals surface area contributed by atoms with Crippen LogP contribution in [0.2, 0.25) is 0 Å². The third-order valence-corrected chi connectivity index (χ3v) is 3.00. The van der Waals surface area contributed by atoms with Gasteiger partial charge in [0.1, 0.15) is 12.2 Å². The first-order valence-corrected chi connectivity index (χ1v) is 8.11. The van der Waals surface area contributed by atoms with Gasteiger partial charge in [0.2, 0.25) is 0 Å². The quantitative estimate of drug-likeness (QED) is 0.514. The molecular weight excluding hydrogens is 344 g/mol. The number of ether oxygens (including phenoxy) is 2. The van der Waals surface area contributed by atoms with E-state index >= 15 is 0 Å². The summed E-state index contributed by atoms with van der Waals surface area (Å²) in [6.07, 6.45) is 4.86. The molecule has 146 valence electrons. The molecule has 2 unspecified atom stereocenters. The first kappa shape index (κ1) is 23.5. The van der Waals surface area contributed by atoms with Gasteiger partial charge in [0.25, 0.3) is 18.1 Å². The van der Waals surface area contributed by atoms with Crippen molar-refractivity contribution in [1.82, 2.24) is 0 Å². The number of amides is 1. The van der Waals surface area contributed by atoms with Crippen molar-refractivity contribution >= 4 is 17.8 Å². The Bertz CT molecular complexity index is 588. The second-order valence-corrected chi connectivity index (χ2v) is 5.33. The first-order chi connectivity index (χ1) is 12.2. The molecule has 9 nitrogen and oxygen atoms in total. The average molecular weight is 371 g/mol. The zero-order valence-electron chi connectivity index (χ0n) is 15.3. The van der Waals surface area contributed by atoms with Gasteiger partial charge in [-0.1, -0.05) is 0 Å². The van der Waals surface area contributed by atoms with Crippen molar-refractivity contribution in [3.8, 4) is 0 Å². The van der Waals surface area contributed by atoms with E-state index in [-0.39, 0.29) is 31.5 Å². The van der Waals surface area contributed by atoms with E-state index in [4.69, 9.17) is 30.2 Å². The van der Waals surface area contributed by atoms with Crippen LogP contribution in [0.4, 0.5) is 0 Å². The number of nitrogens with zero attached hydrogens (tertiary/aromatic N) is 1. The predicted octanol–water partition coefficient (Wildman–Crippen LogP) is 0.403. The number of pyridine rings is 1. The Kier molecular flexibility index (Phi) is 11.5. The predicted molar refractivity (Wildman–Crippen MR) is 91.0 cm³/mol.